The van der Waals surface area contributed by atoms with Crippen LogP contribution in [0.5, 0.6) is 5.75 Å². The second-order valence-corrected chi connectivity index (χ2v) is 8.39. The molecule has 0 unspecified atom stereocenters. The molecule has 0 aliphatic carbocycles. The molecule has 0 saturated carbocycles. The fourth-order valence-corrected chi connectivity index (χ4v) is 3.78. The minimum Gasteiger partial charge on any atom is -0.497 e. The minimum absolute atomic E-state index is 0.0151. The number of aromatic amines is 1. The van der Waals surface area contributed by atoms with E-state index < -0.39 is 29.3 Å². The summed E-state index contributed by atoms with van der Waals surface area (Å²) in [6.45, 7) is 2.35. The van der Waals surface area contributed by atoms with Crippen LogP contribution < -0.4 is 26.2 Å². The molecule has 1 aromatic heterocycles. The molecule has 1 aliphatic rings. The van der Waals surface area contributed by atoms with E-state index in [9.17, 15) is 19.2 Å². The van der Waals surface area contributed by atoms with Crippen LogP contribution in [0.25, 0.3) is 0 Å². The predicted molar refractivity (Wildman–Crippen MR) is 137 cm³/mol. The zero-order chi connectivity index (χ0) is 26.4. The third-order valence-electron chi connectivity index (χ3n) is 5.74. The number of anilines is 4. The van der Waals surface area contributed by atoms with Crippen LogP contribution in [0.3, 0.4) is 0 Å². The largest absolute Gasteiger partial charge is 0.497 e. The van der Waals surface area contributed by atoms with E-state index in [-0.39, 0.29) is 23.8 Å². The smallest absolute Gasteiger partial charge is 0.338 e. The summed E-state index contributed by atoms with van der Waals surface area (Å²) >= 11 is 0. The molecule has 2 amide bonds. The molecule has 1 aliphatic heterocycles. The third kappa shape index (κ3) is 6.13. The number of hydrogen-bond donors (Lipinski definition) is 4. The van der Waals surface area contributed by atoms with Gasteiger partial charge < -0.3 is 25.4 Å². The number of rotatable bonds is 9. The number of amides is 2. The van der Waals surface area contributed by atoms with Crippen molar-refractivity contribution >= 4 is 40.9 Å². The molecule has 0 saturated heterocycles. The van der Waals surface area contributed by atoms with Crippen LogP contribution in [0.15, 0.2) is 53.3 Å². The van der Waals surface area contributed by atoms with Gasteiger partial charge in [-0.15, -0.1) is 0 Å². The number of ether oxygens (including phenoxy) is 2. The number of fused-ring (bicyclic) bond motifs is 1. The van der Waals surface area contributed by atoms with Crippen LogP contribution >= 0.6 is 0 Å². The molecular weight excluding hydrogens is 478 g/mol. The summed E-state index contributed by atoms with van der Waals surface area (Å²) in [6.07, 6.45) is 1.49. The Labute approximate surface area is 212 Å². The van der Waals surface area contributed by atoms with Crippen molar-refractivity contribution in [2.75, 3.05) is 29.7 Å². The van der Waals surface area contributed by atoms with E-state index in [2.05, 4.69) is 25.9 Å². The van der Waals surface area contributed by atoms with Crippen molar-refractivity contribution in [1.29, 1.82) is 0 Å². The van der Waals surface area contributed by atoms with Crippen molar-refractivity contribution in [3.8, 4) is 5.75 Å². The molecule has 4 rings (SSSR count). The van der Waals surface area contributed by atoms with Gasteiger partial charge in [0.25, 0.3) is 5.56 Å². The summed E-state index contributed by atoms with van der Waals surface area (Å²) in [7, 11) is 1.56. The van der Waals surface area contributed by atoms with Gasteiger partial charge in [0, 0.05) is 17.8 Å². The van der Waals surface area contributed by atoms with Gasteiger partial charge >= 0.3 is 5.97 Å². The summed E-state index contributed by atoms with van der Waals surface area (Å²) in [5.41, 5.74) is 0.914. The Morgan fingerprint density at radius 2 is 1.76 bits per heavy atom. The topological polar surface area (TPSA) is 152 Å². The number of nitrogens with zero attached hydrogens (tertiary/aromatic N) is 1. The maximum absolute atomic E-state index is 13.1. The molecular formula is C26H27N5O6. The average Bonchev–Trinajstić information content (AvgIpc) is 2.89. The molecule has 0 fully saturated rings. The van der Waals surface area contributed by atoms with Crippen molar-refractivity contribution in [3.63, 3.8) is 0 Å². The Balaban J connectivity index is 1.49. The standard InChI is InChI=1S/C26H27N5O6/c1-3-4-13-37-25(35)15-5-7-16(8-6-15)27-23(33)19-14-20(32)29-22-21(19)24(34)31-26(30-22)28-17-9-11-18(36-2)12-10-17/h5-12,19H,3-4,13-14H2,1-2H3,(H,27,33)(H3,28,29,30,31,32,34)/t19-/m0/s1. The van der Waals surface area contributed by atoms with Crippen molar-refractivity contribution in [2.24, 2.45) is 0 Å². The highest BCUT2D eigenvalue weighted by atomic mass is 16.5. The Bertz CT molecular complexity index is 1350. The van der Waals surface area contributed by atoms with Gasteiger partial charge in [-0.1, -0.05) is 13.3 Å². The Hall–Kier alpha value is -4.67. The number of carbonyl (C=O) groups excluding carboxylic acids is 3. The van der Waals surface area contributed by atoms with E-state index >= 15 is 0 Å². The molecule has 3 aromatic rings. The summed E-state index contributed by atoms with van der Waals surface area (Å²) < 4.78 is 10.3. The van der Waals surface area contributed by atoms with E-state index in [1.807, 2.05) is 6.92 Å². The number of H-pyrrole nitrogens is 1. The quantitative estimate of drug-likeness (QED) is 0.255. The Morgan fingerprint density at radius 1 is 1.05 bits per heavy atom. The number of benzene rings is 2. The van der Waals surface area contributed by atoms with Gasteiger partial charge in [-0.2, -0.15) is 4.98 Å². The van der Waals surface area contributed by atoms with Gasteiger partial charge in [0.15, 0.2) is 0 Å². The van der Waals surface area contributed by atoms with Crippen LogP contribution in [0.4, 0.5) is 23.1 Å². The summed E-state index contributed by atoms with van der Waals surface area (Å²) in [4.78, 5) is 57.3. The van der Waals surface area contributed by atoms with Crippen LogP contribution in [0.1, 0.15) is 48.0 Å². The van der Waals surface area contributed by atoms with E-state index in [0.29, 0.717) is 29.3 Å². The van der Waals surface area contributed by atoms with Gasteiger partial charge in [0.05, 0.1) is 30.8 Å². The Kier molecular flexibility index (Phi) is 7.82. The lowest BCUT2D eigenvalue weighted by Crippen LogP contribution is -2.36. The van der Waals surface area contributed by atoms with Gasteiger partial charge in [0.2, 0.25) is 17.8 Å². The van der Waals surface area contributed by atoms with Gasteiger partial charge in [-0.3, -0.25) is 19.4 Å². The number of methoxy groups -OCH3 is 1. The maximum atomic E-state index is 13.1. The van der Waals surface area contributed by atoms with Crippen molar-refractivity contribution in [1.82, 2.24) is 9.97 Å². The zero-order valence-corrected chi connectivity index (χ0v) is 20.4. The number of unbranched alkanes of at least 4 members (excludes halogenated alkanes) is 1. The number of hydrogen-bond acceptors (Lipinski definition) is 8. The summed E-state index contributed by atoms with van der Waals surface area (Å²) in [6, 6.07) is 13.1. The molecule has 4 N–H and O–H groups in total. The first kappa shape index (κ1) is 25.4. The fourth-order valence-electron chi connectivity index (χ4n) is 3.78. The van der Waals surface area contributed by atoms with Crippen LogP contribution in [0.2, 0.25) is 0 Å². The van der Waals surface area contributed by atoms with Crippen molar-refractivity contribution < 1.29 is 23.9 Å². The predicted octanol–water partition coefficient (Wildman–Crippen LogP) is 3.54. The third-order valence-corrected chi connectivity index (χ3v) is 5.74. The number of carbonyl (C=O) groups is 3. The van der Waals surface area contributed by atoms with Gasteiger partial charge in [-0.25, -0.2) is 4.79 Å². The highest BCUT2D eigenvalue weighted by Crippen LogP contribution is 2.30. The molecule has 11 heteroatoms. The molecule has 37 heavy (non-hydrogen) atoms. The molecule has 0 spiro atoms. The SMILES string of the molecule is CCCCOC(=O)c1ccc(NC(=O)[C@H]2CC(=O)Nc3nc(Nc4ccc(OC)cc4)[nH]c(=O)c32)cc1. The lowest BCUT2D eigenvalue weighted by molar-refractivity contribution is -0.123. The second kappa shape index (κ2) is 11.4. The van der Waals surface area contributed by atoms with Gasteiger partial charge in [0.1, 0.15) is 11.6 Å². The second-order valence-electron chi connectivity index (χ2n) is 8.39. The molecule has 2 heterocycles. The zero-order valence-electron chi connectivity index (χ0n) is 20.4. The minimum atomic E-state index is -1.05. The molecule has 0 radical (unpaired) electrons. The highest BCUT2D eigenvalue weighted by molar-refractivity contribution is 6.04. The van der Waals surface area contributed by atoms with E-state index in [1.54, 1.807) is 43.5 Å². The molecule has 0 bridgehead atoms. The summed E-state index contributed by atoms with van der Waals surface area (Å²) in [5, 5.41) is 8.24. The summed E-state index contributed by atoms with van der Waals surface area (Å²) in [5.74, 6) is -1.68. The lowest BCUT2D eigenvalue weighted by Gasteiger charge is -2.23. The number of aromatic nitrogens is 2. The van der Waals surface area contributed by atoms with Crippen LogP contribution in [-0.4, -0.2) is 41.5 Å². The maximum Gasteiger partial charge on any atom is 0.338 e. The number of nitrogens with one attached hydrogen (secondary N) is 4. The number of esters is 1. The molecule has 192 valence electrons. The van der Waals surface area contributed by atoms with Crippen molar-refractivity contribution in [2.45, 2.75) is 32.1 Å². The van der Waals surface area contributed by atoms with Crippen LogP contribution in [-0.2, 0) is 14.3 Å². The average molecular weight is 506 g/mol. The first-order chi connectivity index (χ1) is 17.9. The fraction of sp³-hybridized carbons (Fsp3) is 0.269. The van der Waals surface area contributed by atoms with Crippen molar-refractivity contribution in [3.05, 3.63) is 70.0 Å². The van der Waals surface area contributed by atoms with Crippen LogP contribution in [0, 0.1) is 0 Å². The van der Waals surface area contributed by atoms with Gasteiger partial charge in [-0.05, 0) is 55.0 Å². The van der Waals surface area contributed by atoms with E-state index in [1.165, 1.54) is 12.1 Å². The van der Waals surface area contributed by atoms with E-state index in [0.717, 1.165) is 12.8 Å². The molecule has 11 nitrogen and oxygen atoms in total. The highest BCUT2D eigenvalue weighted by Gasteiger charge is 2.34. The Morgan fingerprint density at radius 3 is 2.43 bits per heavy atom. The normalized spacial score (nSPS) is 14.2. The molecule has 2 aromatic carbocycles. The first-order valence-electron chi connectivity index (χ1n) is 11.8. The lowest BCUT2D eigenvalue weighted by atomic mass is 9.92. The van der Waals surface area contributed by atoms with E-state index in [4.69, 9.17) is 9.47 Å². The first-order valence-corrected chi connectivity index (χ1v) is 11.8. The molecule has 1 atom stereocenters. The monoisotopic (exact) mass is 505 g/mol.